The molecule has 3 nitrogen and oxygen atoms in total. The van der Waals surface area contributed by atoms with Crippen LogP contribution < -0.4 is 0 Å². The topological polar surface area (TPSA) is 33.2 Å². The zero-order chi connectivity index (χ0) is 13.2. The van der Waals surface area contributed by atoms with E-state index < -0.39 is 0 Å². The van der Waals surface area contributed by atoms with Crippen molar-refractivity contribution in [1.82, 2.24) is 9.88 Å². The molecule has 0 aliphatic carbocycles. The molecule has 1 aliphatic heterocycles. The molecular weight excluding hydrogens is 300 g/mol. The fourth-order valence-electron chi connectivity index (χ4n) is 2.04. The second kappa shape index (κ2) is 5.53. The van der Waals surface area contributed by atoms with Gasteiger partial charge >= 0.3 is 0 Å². The number of fused-ring (bicyclic) bond motifs is 1. The zero-order valence-corrected chi connectivity index (χ0v) is 12.4. The molecule has 0 spiro atoms. The van der Waals surface area contributed by atoms with Crippen molar-refractivity contribution in [2.45, 2.75) is 17.4 Å². The van der Waals surface area contributed by atoms with Gasteiger partial charge in [-0.15, -0.1) is 11.3 Å². The molecule has 0 saturated carbocycles. The molecule has 0 N–H and O–H groups in total. The monoisotopic (exact) mass is 310 g/mol. The summed E-state index contributed by atoms with van der Waals surface area (Å²) in [7, 11) is 0. The zero-order valence-electron chi connectivity index (χ0n) is 10.0. The Morgan fingerprint density at radius 1 is 1.42 bits per heavy atom. The van der Waals surface area contributed by atoms with Gasteiger partial charge in [0.25, 0.3) is 0 Å². The van der Waals surface area contributed by atoms with Crippen LogP contribution in [0.1, 0.15) is 11.1 Å². The fraction of sp³-hybridized carbons (Fsp3) is 0.231. The van der Waals surface area contributed by atoms with Gasteiger partial charge in [-0.25, -0.2) is 4.98 Å². The first-order chi connectivity index (χ1) is 9.22. The highest BCUT2D eigenvalue weighted by Crippen LogP contribution is 2.27. The Labute approximate surface area is 124 Å². The third-order valence-electron chi connectivity index (χ3n) is 2.97. The van der Waals surface area contributed by atoms with Gasteiger partial charge in [0, 0.05) is 29.7 Å². The van der Waals surface area contributed by atoms with Gasteiger partial charge in [-0.3, -0.25) is 4.79 Å². The average molecular weight is 311 g/mol. The van der Waals surface area contributed by atoms with Crippen molar-refractivity contribution in [3.8, 4) is 0 Å². The SMILES string of the molecule is O=C(CSc1nccs1)N1Cc2ccc(Cl)cc2C1. The number of carbonyl (C=O) groups is 1. The van der Waals surface area contributed by atoms with Crippen molar-refractivity contribution < 1.29 is 4.79 Å². The van der Waals surface area contributed by atoms with Gasteiger partial charge in [0.15, 0.2) is 0 Å². The van der Waals surface area contributed by atoms with Crippen molar-refractivity contribution in [1.29, 1.82) is 0 Å². The number of amides is 1. The summed E-state index contributed by atoms with van der Waals surface area (Å²) < 4.78 is 0.938. The second-order valence-electron chi connectivity index (χ2n) is 4.25. The first-order valence-corrected chi connectivity index (χ1v) is 8.04. The van der Waals surface area contributed by atoms with Crippen molar-refractivity contribution in [2.24, 2.45) is 0 Å². The highest BCUT2D eigenvalue weighted by molar-refractivity contribution is 8.01. The molecule has 0 unspecified atom stereocenters. The Hall–Kier alpha value is -1.04. The van der Waals surface area contributed by atoms with E-state index in [0.29, 0.717) is 18.8 Å². The Morgan fingerprint density at radius 3 is 3.05 bits per heavy atom. The number of aromatic nitrogens is 1. The summed E-state index contributed by atoms with van der Waals surface area (Å²) in [6, 6.07) is 5.82. The number of hydrogen-bond donors (Lipinski definition) is 0. The summed E-state index contributed by atoms with van der Waals surface area (Å²) in [4.78, 5) is 18.2. The smallest absolute Gasteiger partial charge is 0.233 e. The molecule has 6 heteroatoms. The van der Waals surface area contributed by atoms with Crippen molar-refractivity contribution in [3.05, 3.63) is 45.9 Å². The maximum Gasteiger partial charge on any atom is 0.233 e. The van der Waals surface area contributed by atoms with Crippen LogP contribution in [-0.4, -0.2) is 21.5 Å². The molecule has 0 saturated heterocycles. The lowest BCUT2D eigenvalue weighted by atomic mass is 10.1. The van der Waals surface area contributed by atoms with E-state index >= 15 is 0 Å². The number of rotatable bonds is 3. The molecular formula is C13H11ClN2OS2. The van der Waals surface area contributed by atoms with Crippen LogP contribution >= 0.6 is 34.7 Å². The summed E-state index contributed by atoms with van der Waals surface area (Å²) in [5, 5.41) is 2.64. The summed E-state index contributed by atoms with van der Waals surface area (Å²) in [6.45, 7) is 1.34. The van der Waals surface area contributed by atoms with E-state index in [0.717, 1.165) is 14.9 Å². The minimum absolute atomic E-state index is 0.146. The molecule has 0 atom stereocenters. The van der Waals surface area contributed by atoms with E-state index in [1.165, 1.54) is 17.3 Å². The molecule has 1 aromatic carbocycles. The maximum atomic E-state index is 12.1. The van der Waals surface area contributed by atoms with Crippen LogP contribution in [0, 0.1) is 0 Å². The number of thiazole rings is 1. The van der Waals surface area contributed by atoms with E-state index in [9.17, 15) is 4.79 Å². The Balaban J connectivity index is 1.61. The number of nitrogens with zero attached hydrogens (tertiary/aromatic N) is 2. The van der Waals surface area contributed by atoms with Gasteiger partial charge in [0.1, 0.15) is 4.34 Å². The van der Waals surface area contributed by atoms with Crippen molar-refractivity contribution in [3.63, 3.8) is 0 Å². The lowest BCUT2D eigenvalue weighted by molar-refractivity contribution is -0.128. The first-order valence-electron chi connectivity index (χ1n) is 5.80. The lowest BCUT2D eigenvalue weighted by Gasteiger charge is -2.14. The van der Waals surface area contributed by atoms with Gasteiger partial charge in [-0.2, -0.15) is 0 Å². The molecule has 3 rings (SSSR count). The summed E-state index contributed by atoms with van der Waals surface area (Å²) >= 11 is 9.02. The number of benzene rings is 1. The van der Waals surface area contributed by atoms with Crippen molar-refractivity contribution in [2.75, 3.05) is 5.75 Å². The maximum absolute atomic E-state index is 12.1. The molecule has 1 aliphatic rings. The van der Waals surface area contributed by atoms with Gasteiger partial charge in [-0.1, -0.05) is 29.4 Å². The van der Waals surface area contributed by atoms with E-state index in [4.69, 9.17) is 11.6 Å². The third-order valence-corrected chi connectivity index (χ3v) is 5.16. The normalized spacial score (nSPS) is 13.6. The Kier molecular flexibility index (Phi) is 3.77. The van der Waals surface area contributed by atoms with Gasteiger partial charge < -0.3 is 4.90 Å². The summed E-state index contributed by atoms with van der Waals surface area (Å²) in [5.74, 6) is 0.586. The fourth-order valence-corrected chi connectivity index (χ4v) is 3.77. The molecule has 98 valence electrons. The predicted molar refractivity (Wildman–Crippen MR) is 78.5 cm³/mol. The predicted octanol–water partition coefficient (Wildman–Crippen LogP) is 3.43. The summed E-state index contributed by atoms with van der Waals surface area (Å²) in [5.41, 5.74) is 2.34. The molecule has 2 heterocycles. The van der Waals surface area contributed by atoms with Crippen LogP contribution in [0.2, 0.25) is 5.02 Å². The standard InChI is InChI=1S/C13H11ClN2OS2/c14-11-2-1-9-6-16(7-10(9)5-11)12(17)8-19-13-15-3-4-18-13/h1-5H,6-8H2. The minimum Gasteiger partial charge on any atom is -0.333 e. The third kappa shape index (κ3) is 2.94. The Bertz CT molecular complexity index is 601. The Morgan fingerprint density at radius 2 is 2.26 bits per heavy atom. The number of hydrogen-bond acceptors (Lipinski definition) is 4. The minimum atomic E-state index is 0.146. The van der Waals surface area contributed by atoms with Crippen LogP contribution in [0.5, 0.6) is 0 Å². The van der Waals surface area contributed by atoms with Gasteiger partial charge in [0.05, 0.1) is 5.75 Å². The number of thioether (sulfide) groups is 1. The highest BCUT2D eigenvalue weighted by atomic mass is 35.5. The molecule has 2 aromatic rings. The molecule has 0 radical (unpaired) electrons. The van der Waals surface area contributed by atoms with Crippen molar-refractivity contribution >= 4 is 40.6 Å². The second-order valence-corrected chi connectivity index (χ2v) is 6.80. The van der Waals surface area contributed by atoms with Crippen LogP contribution in [0.4, 0.5) is 0 Å². The first kappa shape index (κ1) is 13.0. The molecule has 1 amide bonds. The van der Waals surface area contributed by atoms with Crippen LogP contribution in [0.25, 0.3) is 0 Å². The van der Waals surface area contributed by atoms with E-state index in [1.807, 2.05) is 28.5 Å². The van der Waals surface area contributed by atoms with Gasteiger partial charge in [0.2, 0.25) is 5.91 Å². The summed E-state index contributed by atoms with van der Waals surface area (Å²) in [6.07, 6.45) is 1.76. The highest BCUT2D eigenvalue weighted by Gasteiger charge is 2.23. The lowest BCUT2D eigenvalue weighted by Crippen LogP contribution is -2.26. The van der Waals surface area contributed by atoms with E-state index in [1.54, 1.807) is 17.5 Å². The molecule has 0 bridgehead atoms. The van der Waals surface area contributed by atoms with E-state index in [-0.39, 0.29) is 5.91 Å². The van der Waals surface area contributed by atoms with Crippen LogP contribution in [0.15, 0.2) is 34.1 Å². The largest absolute Gasteiger partial charge is 0.333 e. The van der Waals surface area contributed by atoms with E-state index in [2.05, 4.69) is 4.98 Å². The quantitative estimate of drug-likeness (QED) is 0.814. The molecule has 0 fully saturated rings. The van der Waals surface area contributed by atoms with Gasteiger partial charge in [-0.05, 0) is 23.3 Å². The molecule has 1 aromatic heterocycles. The number of halogens is 1. The van der Waals surface area contributed by atoms with Crippen LogP contribution in [0.3, 0.4) is 0 Å². The van der Waals surface area contributed by atoms with Crippen LogP contribution in [-0.2, 0) is 17.9 Å². The molecule has 19 heavy (non-hydrogen) atoms. The average Bonchev–Trinajstić information content (AvgIpc) is 3.04. The number of carbonyl (C=O) groups excluding carboxylic acids is 1.